The van der Waals surface area contributed by atoms with E-state index in [4.69, 9.17) is 5.84 Å². The third-order valence-corrected chi connectivity index (χ3v) is 5.03. The minimum Gasteiger partial charge on any atom is -0.303 e. The quantitative estimate of drug-likeness (QED) is 0.302. The number of rotatable bonds is 5. The highest BCUT2D eigenvalue weighted by Crippen LogP contribution is 2.25. The van der Waals surface area contributed by atoms with Crippen molar-refractivity contribution in [1.29, 1.82) is 0 Å². The van der Waals surface area contributed by atoms with E-state index in [2.05, 4.69) is 10.7 Å². The van der Waals surface area contributed by atoms with Crippen LogP contribution in [0.5, 0.6) is 0 Å². The molecule has 0 saturated heterocycles. The van der Waals surface area contributed by atoms with Crippen molar-refractivity contribution in [1.82, 2.24) is 10.7 Å². The van der Waals surface area contributed by atoms with Gasteiger partial charge in [-0.15, -0.1) is 0 Å². The van der Waals surface area contributed by atoms with Crippen molar-refractivity contribution in [2.24, 2.45) is 5.84 Å². The van der Waals surface area contributed by atoms with Gasteiger partial charge in [0.15, 0.2) is 9.84 Å². The normalized spacial score (nSPS) is 17.4. The van der Waals surface area contributed by atoms with Crippen molar-refractivity contribution in [3.8, 4) is 0 Å². The largest absolute Gasteiger partial charge is 0.303 e. The van der Waals surface area contributed by atoms with Gasteiger partial charge in [0.1, 0.15) is 0 Å². The third kappa shape index (κ3) is 3.08. The summed E-state index contributed by atoms with van der Waals surface area (Å²) in [5.74, 6) is 5.43. The second kappa shape index (κ2) is 5.79. The third-order valence-electron chi connectivity index (χ3n) is 3.14. The molecule has 2 rings (SSSR count). The van der Waals surface area contributed by atoms with E-state index in [0.29, 0.717) is 11.6 Å². The molecule has 0 radical (unpaired) electrons. The summed E-state index contributed by atoms with van der Waals surface area (Å²) in [6, 6.07) is 5.67. The summed E-state index contributed by atoms with van der Waals surface area (Å²) in [4.78, 5) is 0.522. The van der Waals surface area contributed by atoms with Crippen LogP contribution in [0.4, 0.5) is 0 Å². The van der Waals surface area contributed by atoms with E-state index in [-0.39, 0.29) is 5.75 Å². The van der Waals surface area contributed by atoms with Gasteiger partial charge in [-0.25, -0.2) is 13.8 Å². The maximum atomic E-state index is 11.8. The van der Waals surface area contributed by atoms with Crippen molar-refractivity contribution in [2.45, 2.75) is 24.2 Å². The van der Waals surface area contributed by atoms with Gasteiger partial charge in [-0.1, -0.05) is 12.1 Å². The van der Waals surface area contributed by atoms with Gasteiger partial charge in [0.25, 0.3) is 0 Å². The topological polar surface area (TPSA) is 84.2 Å². The second-order valence-electron chi connectivity index (χ2n) is 4.50. The lowest BCUT2D eigenvalue weighted by molar-refractivity contribution is 0.586. The Hall–Kier alpha value is -0.950. The minimum absolute atomic E-state index is 0.281. The SMILES string of the molecule is NNCNCCc1ccc2c(c1)CCCS2(=O)=O. The van der Waals surface area contributed by atoms with Gasteiger partial charge in [0, 0.05) is 6.54 Å². The molecule has 4 N–H and O–H groups in total. The fourth-order valence-corrected chi connectivity index (χ4v) is 3.82. The Morgan fingerprint density at radius 3 is 2.94 bits per heavy atom. The molecule has 0 aromatic heterocycles. The number of hydrogen-bond donors (Lipinski definition) is 3. The van der Waals surface area contributed by atoms with Crippen LogP contribution in [0, 0.1) is 0 Å². The molecule has 0 atom stereocenters. The molecule has 0 amide bonds. The van der Waals surface area contributed by atoms with E-state index in [0.717, 1.165) is 36.9 Å². The van der Waals surface area contributed by atoms with Crippen LogP contribution in [0.1, 0.15) is 17.5 Å². The van der Waals surface area contributed by atoms with Crippen molar-refractivity contribution >= 4 is 9.84 Å². The standard InChI is InChI=1S/C12H19N3O2S/c13-15-9-14-6-5-10-3-4-12-11(8-10)2-1-7-18(12,16)17/h3-4,8,14-15H,1-2,5-7,9,13H2. The summed E-state index contributed by atoms with van der Waals surface area (Å²) < 4.78 is 23.7. The summed E-state index contributed by atoms with van der Waals surface area (Å²) in [7, 11) is -3.03. The molecular formula is C12H19N3O2S. The Labute approximate surface area is 108 Å². The predicted molar refractivity (Wildman–Crippen MR) is 70.7 cm³/mol. The van der Waals surface area contributed by atoms with Crippen LogP contribution in [-0.2, 0) is 22.7 Å². The Balaban J connectivity index is 2.08. The number of aryl methyl sites for hydroxylation is 1. The molecule has 18 heavy (non-hydrogen) atoms. The highest BCUT2D eigenvalue weighted by Gasteiger charge is 2.23. The highest BCUT2D eigenvalue weighted by molar-refractivity contribution is 7.91. The zero-order valence-electron chi connectivity index (χ0n) is 10.3. The number of fused-ring (bicyclic) bond motifs is 1. The van der Waals surface area contributed by atoms with E-state index in [9.17, 15) is 8.42 Å². The smallest absolute Gasteiger partial charge is 0.178 e. The Bertz CT molecular complexity index is 514. The Kier molecular flexibility index (Phi) is 4.34. The maximum Gasteiger partial charge on any atom is 0.178 e. The Morgan fingerprint density at radius 1 is 1.33 bits per heavy atom. The average Bonchev–Trinajstić information content (AvgIpc) is 2.34. The molecule has 1 aliphatic heterocycles. The van der Waals surface area contributed by atoms with Gasteiger partial charge >= 0.3 is 0 Å². The van der Waals surface area contributed by atoms with Crippen LogP contribution >= 0.6 is 0 Å². The summed E-state index contributed by atoms with van der Waals surface area (Å²) in [5, 5.41) is 3.13. The molecule has 100 valence electrons. The number of benzene rings is 1. The van der Waals surface area contributed by atoms with Gasteiger partial charge < -0.3 is 5.32 Å². The molecule has 0 fully saturated rings. The second-order valence-corrected chi connectivity index (χ2v) is 6.57. The van der Waals surface area contributed by atoms with Gasteiger partial charge in [-0.3, -0.25) is 5.84 Å². The van der Waals surface area contributed by atoms with Gasteiger partial charge in [-0.05, 0) is 36.5 Å². The van der Waals surface area contributed by atoms with Crippen LogP contribution in [-0.4, -0.2) is 27.4 Å². The molecule has 0 saturated carbocycles. The molecule has 6 heteroatoms. The van der Waals surface area contributed by atoms with Crippen LogP contribution < -0.4 is 16.6 Å². The van der Waals surface area contributed by atoms with Crippen molar-refractivity contribution in [3.05, 3.63) is 29.3 Å². The van der Waals surface area contributed by atoms with E-state index in [1.165, 1.54) is 0 Å². The molecule has 0 bridgehead atoms. The molecule has 0 spiro atoms. The van der Waals surface area contributed by atoms with Crippen molar-refractivity contribution in [2.75, 3.05) is 19.0 Å². The molecule has 1 heterocycles. The summed E-state index contributed by atoms with van der Waals surface area (Å²) in [6.45, 7) is 1.38. The van der Waals surface area contributed by atoms with E-state index in [1.54, 1.807) is 6.07 Å². The van der Waals surface area contributed by atoms with Crippen LogP contribution in [0.2, 0.25) is 0 Å². The molecule has 0 unspecified atom stereocenters. The minimum atomic E-state index is -3.03. The fourth-order valence-electron chi connectivity index (χ4n) is 2.24. The fraction of sp³-hybridized carbons (Fsp3) is 0.500. The first-order valence-corrected chi connectivity index (χ1v) is 7.77. The lowest BCUT2D eigenvalue weighted by Gasteiger charge is -2.17. The first kappa shape index (κ1) is 13.5. The number of hydrazine groups is 1. The predicted octanol–water partition coefficient (Wildman–Crippen LogP) is -0.0406. The summed E-state index contributed by atoms with van der Waals surface area (Å²) in [5.41, 5.74) is 4.65. The maximum absolute atomic E-state index is 11.8. The van der Waals surface area contributed by atoms with Crippen molar-refractivity contribution in [3.63, 3.8) is 0 Å². The van der Waals surface area contributed by atoms with Crippen LogP contribution in [0.15, 0.2) is 23.1 Å². The molecule has 1 aliphatic rings. The van der Waals surface area contributed by atoms with Gasteiger partial charge in [-0.2, -0.15) is 0 Å². The average molecular weight is 269 g/mol. The van der Waals surface area contributed by atoms with E-state index >= 15 is 0 Å². The first-order valence-electron chi connectivity index (χ1n) is 6.12. The molecular weight excluding hydrogens is 250 g/mol. The van der Waals surface area contributed by atoms with Crippen molar-refractivity contribution < 1.29 is 8.42 Å². The Morgan fingerprint density at radius 2 is 2.17 bits per heavy atom. The lowest BCUT2D eigenvalue weighted by Crippen LogP contribution is -2.34. The zero-order chi connectivity index (χ0) is 13.0. The first-order chi connectivity index (χ1) is 8.63. The van der Waals surface area contributed by atoms with E-state index < -0.39 is 9.84 Å². The molecule has 1 aromatic rings. The summed E-state index contributed by atoms with van der Waals surface area (Å²) >= 11 is 0. The monoisotopic (exact) mass is 269 g/mol. The van der Waals surface area contributed by atoms with Crippen LogP contribution in [0.25, 0.3) is 0 Å². The zero-order valence-corrected chi connectivity index (χ0v) is 11.1. The highest BCUT2D eigenvalue weighted by atomic mass is 32.2. The van der Waals surface area contributed by atoms with Gasteiger partial charge in [0.05, 0.1) is 17.3 Å². The summed E-state index contributed by atoms with van der Waals surface area (Å²) in [6.07, 6.45) is 2.46. The molecule has 0 aliphatic carbocycles. The van der Waals surface area contributed by atoms with E-state index in [1.807, 2.05) is 12.1 Å². The number of sulfone groups is 1. The number of hydrogen-bond acceptors (Lipinski definition) is 5. The number of nitrogens with one attached hydrogen (secondary N) is 2. The number of nitrogens with two attached hydrogens (primary N) is 1. The lowest BCUT2D eigenvalue weighted by atomic mass is 10.0. The molecule has 5 nitrogen and oxygen atoms in total. The molecule has 1 aromatic carbocycles. The van der Waals surface area contributed by atoms with Crippen LogP contribution in [0.3, 0.4) is 0 Å². The van der Waals surface area contributed by atoms with Gasteiger partial charge in [0.2, 0.25) is 0 Å².